The lowest BCUT2D eigenvalue weighted by Crippen LogP contribution is -2.33. The molecular formula is C30H27N5O3. The van der Waals surface area contributed by atoms with Gasteiger partial charge >= 0.3 is 0 Å². The number of nitrogens with zero attached hydrogens (tertiary/aromatic N) is 3. The van der Waals surface area contributed by atoms with E-state index in [1.165, 1.54) is 6.92 Å². The van der Waals surface area contributed by atoms with Crippen molar-refractivity contribution in [3.05, 3.63) is 114 Å². The zero-order valence-electron chi connectivity index (χ0n) is 21.1. The van der Waals surface area contributed by atoms with Gasteiger partial charge in [-0.25, -0.2) is 10.1 Å². The van der Waals surface area contributed by atoms with Crippen LogP contribution in [-0.4, -0.2) is 33.1 Å². The molecular weight excluding hydrogens is 478 g/mol. The molecule has 0 saturated carbocycles. The summed E-state index contributed by atoms with van der Waals surface area (Å²) in [5.74, 6) is -1.16. The van der Waals surface area contributed by atoms with Crippen LogP contribution in [0.3, 0.4) is 0 Å². The minimum atomic E-state index is -0.636. The van der Waals surface area contributed by atoms with Gasteiger partial charge in [0.05, 0.1) is 5.69 Å². The third-order valence-corrected chi connectivity index (χ3v) is 5.49. The number of amides is 2. The van der Waals surface area contributed by atoms with Crippen LogP contribution < -0.4 is 10.7 Å². The van der Waals surface area contributed by atoms with Crippen LogP contribution in [0.15, 0.2) is 108 Å². The molecule has 0 aliphatic rings. The molecule has 1 heterocycles. The monoisotopic (exact) mass is 505 g/mol. The smallest absolute Gasteiger partial charge is 0.287 e. The van der Waals surface area contributed by atoms with Crippen molar-refractivity contribution in [1.82, 2.24) is 20.5 Å². The van der Waals surface area contributed by atoms with Gasteiger partial charge in [0, 0.05) is 35.0 Å². The molecule has 4 aromatic rings. The SMILES string of the molecule is CC(=O)C/C(C)=N\NC(=O)/C(=C/c1cn(-c2ccccc2)nc1-c1ccccc1)NC(=O)c1ccccc1. The molecule has 1 aromatic heterocycles. The van der Waals surface area contributed by atoms with Gasteiger partial charge in [-0.05, 0) is 44.2 Å². The van der Waals surface area contributed by atoms with Crippen molar-refractivity contribution in [2.45, 2.75) is 20.3 Å². The Bertz CT molecular complexity index is 1490. The van der Waals surface area contributed by atoms with Crippen LogP contribution >= 0.6 is 0 Å². The van der Waals surface area contributed by atoms with Crippen molar-refractivity contribution in [3.8, 4) is 16.9 Å². The number of benzene rings is 3. The minimum Gasteiger partial charge on any atom is -0.317 e. The van der Waals surface area contributed by atoms with E-state index in [-0.39, 0.29) is 17.9 Å². The Morgan fingerprint density at radius 3 is 2.11 bits per heavy atom. The van der Waals surface area contributed by atoms with Crippen LogP contribution in [0.5, 0.6) is 0 Å². The lowest BCUT2D eigenvalue weighted by molar-refractivity contribution is -0.118. The highest BCUT2D eigenvalue weighted by Crippen LogP contribution is 2.25. The van der Waals surface area contributed by atoms with E-state index in [1.54, 1.807) is 54.2 Å². The quantitative estimate of drug-likeness (QED) is 0.194. The van der Waals surface area contributed by atoms with Crippen LogP contribution in [0.1, 0.15) is 36.2 Å². The van der Waals surface area contributed by atoms with E-state index in [2.05, 4.69) is 15.8 Å². The molecule has 0 aliphatic carbocycles. The number of hydrogen-bond acceptors (Lipinski definition) is 5. The standard InChI is InChI=1S/C30H27N5O3/c1-21(18-22(2)36)32-33-30(38)27(31-29(37)24-14-8-4-9-15-24)19-25-20-35(26-16-10-5-11-17-26)34-28(25)23-12-6-3-7-13-23/h3-17,19-20H,18H2,1-2H3,(H,31,37)(H,33,38)/b27-19-,32-21-. The van der Waals surface area contributed by atoms with Crippen molar-refractivity contribution in [2.75, 3.05) is 0 Å². The first-order chi connectivity index (χ1) is 18.4. The van der Waals surface area contributed by atoms with Gasteiger partial charge in [-0.15, -0.1) is 0 Å². The van der Waals surface area contributed by atoms with Crippen LogP contribution in [0, 0.1) is 0 Å². The summed E-state index contributed by atoms with van der Waals surface area (Å²) < 4.78 is 1.72. The van der Waals surface area contributed by atoms with Crippen molar-refractivity contribution in [3.63, 3.8) is 0 Å². The maximum atomic E-state index is 13.2. The second kappa shape index (κ2) is 12.2. The zero-order valence-corrected chi connectivity index (χ0v) is 21.1. The third kappa shape index (κ3) is 6.76. The molecule has 3 aromatic carbocycles. The number of hydrogen-bond donors (Lipinski definition) is 2. The van der Waals surface area contributed by atoms with E-state index in [0.29, 0.717) is 22.5 Å². The summed E-state index contributed by atoms with van der Waals surface area (Å²) in [6.07, 6.45) is 3.47. The molecule has 0 aliphatic heterocycles. The van der Waals surface area contributed by atoms with Crippen molar-refractivity contribution >= 4 is 29.4 Å². The van der Waals surface area contributed by atoms with Crippen LogP contribution in [0.2, 0.25) is 0 Å². The maximum absolute atomic E-state index is 13.2. The maximum Gasteiger partial charge on any atom is 0.287 e. The first kappa shape index (κ1) is 26.0. The van der Waals surface area contributed by atoms with E-state index >= 15 is 0 Å². The molecule has 190 valence electrons. The van der Waals surface area contributed by atoms with Gasteiger partial charge in [0.1, 0.15) is 17.2 Å². The molecule has 0 fully saturated rings. The Kier molecular flexibility index (Phi) is 8.35. The normalized spacial score (nSPS) is 11.6. The molecule has 0 spiro atoms. The van der Waals surface area contributed by atoms with Crippen molar-refractivity contribution in [2.24, 2.45) is 5.10 Å². The molecule has 2 N–H and O–H groups in total. The summed E-state index contributed by atoms with van der Waals surface area (Å²) in [4.78, 5) is 37.6. The average molecular weight is 506 g/mol. The van der Waals surface area contributed by atoms with Gasteiger partial charge in [0.15, 0.2) is 0 Å². The average Bonchev–Trinajstić information content (AvgIpc) is 3.36. The lowest BCUT2D eigenvalue weighted by Gasteiger charge is -2.10. The second-order valence-electron chi connectivity index (χ2n) is 8.62. The number of rotatable bonds is 9. The molecule has 0 unspecified atom stereocenters. The number of carbonyl (C=O) groups is 3. The summed E-state index contributed by atoms with van der Waals surface area (Å²) in [5.41, 5.74) is 6.19. The Hall–Kier alpha value is -5.11. The van der Waals surface area contributed by atoms with Crippen LogP contribution in [0.25, 0.3) is 23.0 Å². The predicted molar refractivity (Wildman–Crippen MR) is 147 cm³/mol. The summed E-state index contributed by atoms with van der Waals surface area (Å²) in [6.45, 7) is 3.09. The van der Waals surface area contributed by atoms with Crippen LogP contribution in [0.4, 0.5) is 0 Å². The van der Waals surface area contributed by atoms with E-state index in [4.69, 9.17) is 5.10 Å². The molecule has 8 nitrogen and oxygen atoms in total. The van der Waals surface area contributed by atoms with E-state index < -0.39 is 11.8 Å². The Morgan fingerprint density at radius 1 is 0.868 bits per heavy atom. The topological polar surface area (TPSA) is 105 Å². The molecule has 0 saturated heterocycles. The summed E-state index contributed by atoms with van der Waals surface area (Å²) in [5, 5.41) is 11.5. The van der Waals surface area contributed by atoms with E-state index in [1.807, 2.05) is 60.7 Å². The van der Waals surface area contributed by atoms with Crippen molar-refractivity contribution in [1.29, 1.82) is 0 Å². The molecule has 0 bridgehead atoms. The number of aromatic nitrogens is 2. The highest BCUT2D eigenvalue weighted by atomic mass is 16.2. The number of para-hydroxylation sites is 1. The number of hydrazone groups is 1. The predicted octanol–water partition coefficient (Wildman–Crippen LogP) is 4.78. The first-order valence-electron chi connectivity index (χ1n) is 12.0. The van der Waals surface area contributed by atoms with Gasteiger partial charge in [0.25, 0.3) is 11.8 Å². The first-order valence-corrected chi connectivity index (χ1v) is 12.0. The second-order valence-corrected chi connectivity index (χ2v) is 8.62. The molecule has 4 rings (SSSR count). The number of carbonyl (C=O) groups excluding carboxylic acids is 3. The van der Waals surface area contributed by atoms with Gasteiger partial charge in [-0.1, -0.05) is 66.7 Å². The fraction of sp³-hybridized carbons (Fsp3) is 0.100. The molecule has 38 heavy (non-hydrogen) atoms. The lowest BCUT2D eigenvalue weighted by atomic mass is 10.1. The fourth-order valence-electron chi connectivity index (χ4n) is 3.73. The highest BCUT2D eigenvalue weighted by molar-refractivity contribution is 6.06. The molecule has 0 atom stereocenters. The largest absolute Gasteiger partial charge is 0.317 e. The van der Waals surface area contributed by atoms with Gasteiger partial charge in [0.2, 0.25) is 0 Å². The van der Waals surface area contributed by atoms with E-state index in [9.17, 15) is 14.4 Å². The van der Waals surface area contributed by atoms with Gasteiger partial charge in [-0.2, -0.15) is 10.2 Å². The number of ketones is 1. The number of nitrogens with one attached hydrogen (secondary N) is 2. The van der Waals surface area contributed by atoms with E-state index in [0.717, 1.165) is 11.3 Å². The van der Waals surface area contributed by atoms with Gasteiger partial charge in [-0.3, -0.25) is 14.4 Å². The summed E-state index contributed by atoms with van der Waals surface area (Å²) >= 11 is 0. The Balaban J connectivity index is 1.77. The Morgan fingerprint density at radius 2 is 1.47 bits per heavy atom. The van der Waals surface area contributed by atoms with Crippen LogP contribution in [-0.2, 0) is 9.59 Å². The fourth-order valence-corrected chi connectivity index (χ4v) is 3.73. The molecule has 8 heteroatoms. The third-order valence-electron chi connectivity index (χ3n) is 5.49. The minimum absolute atomic E-state index is 0.0250. The molecule has 0 radical (unpaired) electrons. The highest BCUT2D eigenvalue weighted by Gasteiger charge is 2.18. The summed E-state index contributed by atoms with van der Waals surface area (Å²) in [7, 11) is 0. The molecule has 2 amide bonds. The van der Waals surface area contributed by atoms with Crippen molar-refractivity contribution < 1.29 is 14.4 Å². The zero-order chi connectivity index (χ0) is 26.9. The summed E-state index contributed by atoms with van der Waals surface area (Å²) in [6, 6.07) is 27.8. The van der Waals surface area contributed by atoms with Gasteiger partial charge < -0.3 is 5.32 Å². The number of Topliss-reactive ketones (excluding diaryl/α,β-unsaturated/α-hetero) is 1. The Labute approximate surface area is 220 Å².